The van der Waals surface area contributed by atoms with E-state index in [-0.39, 0.29) is 12.1 Å². The van der Waals surface area contributed by atoms with Crippen LogP contribution in [-0.2, 0) is 11.3 Å². The zero-order chi connectivity index (χ0) is 15.9. The maximum absolute atomic E-state index is 11.9. The average molecular weight is 313 g/mol. The van der Waals surface area contributed by atoms with E-state index >= 15 is 0 Å². The standard InChI is InChI=1S/C16H19N5O2/c22-16(20-10-13-4-2-8-23-13)21-11-14-15(19-7-6-18-14)12-3-1-5-17-9-12/h1,3,5-7,9,13H,2,4,8,10-11H2,(H2,20,21,22)/t13-/m1/s1. The van der Waals surface area contributed by atoms with Crippen LogP contribution in [0.15, 0.2) is 36.9 Å². The summed E-state index contributed by atoms with van der Waals surface area (Å²) in [6.07, 6.45) is 8.85. The van der Waals surface area contributed by atoms with Gasteiger partial charge in [-0.15, -0.1) is 0 Å². The molecular weight excluding hydrogens is 294 g/mol. The van der Waals surface area contributed by atoms with Crippen LogP contribution in [0.1, 0.15) is 18.5 Å². The molecule has 0 unspecified atom stereocenters. The second-order valence-electron chi connectivity index (χ2n) is 5.29. The highest BCUT2D eigenvalue weighted by Crippen LogP contribution is 2.17. The number of hydrogen-bond donors (Lipinski definition) is 2. The van der Waals surface area contributed by atoms with Gasteiger partial charge in [0.1, 0.15) is 0 Å². The van der Waals surface area contributed by atoms with E-state index in [1.807, 2.05) is 12.1 Å². The number of aromatic nitrogens is 3. The fourth-order valence-electron chi connectivity index (χ4n) is 2.48. The van der Waals surface area contributed by atoms with Crippen LogP contribution in [0.3, 0.4) is 0 Å². The van der Waals surface area contributed by atoms with Gasteiger partial charge in [0.25, 0.3) is 0 Å². The number of hydrogen-bond acceptors (Lipinski definition) is 5. The molecule has 0 aromatic carbocycles. The summed E-state index contributed by atoms with van der Waals surface area (Å²) in [7, 11) is 0. The fourth-order valence-corrected chi connectivity index (χ4v) is 2.48. The average Bonchev–Trinajstić information content (AvgIpc) is 3.13. The first-order chi connectivity index (χ1) is 11.3. The highest BCUT2D eigenvalue weighted by molar-refractivity contribution is 5.74. The lowest BCUT2D eigenvalue weighted by Gasteiger charge is -2.12. The summed E-state index contributed by atoms with van der Waals surface area (Å²) >= 11 is 0. The zero-order valence-corrected chi connectivity index (χ0v) is 12.7. The molecule has 1 aliphatic heterocycles. The first-order valence-corrected chi connectivity index (χ1v) is 7.66. The summed E-state index contributed by atoms with van der Waals surface area (Å²) in [5.74, 6) is 0. The molecule has 2 aromatic heterocycles. The van der Waals surface area contributed by atoms with E-state index in [9.17, 15) is 4.79 Å². The number of pyridine rings is 1. The number of carbonyl (C=O) groups is 1. The van der Waals surface area contributed by atoms with Gasteiger partial charge in [0.2, 0.25) is 0 Å². The topological polar surface area (TPSA) is 89.0 Å². The van der Waals surface area contributed by atoms with Crippen molar-refractivity contribution in [2.45, 2.75) is 25.5 Å². The molecule has 1 saturated heterocycles. The van der Waals surface area contributed by atoms with Gasteiger partial charge in [0, 0.05) is 43.5 Å². The van der Waals surface area contributed by atoms with Gasteiger partial charge >= 0.3 is 6.03 Å². The van der Waals surface area contributed by atoms with Crippen LogP contribution < -0.4 is 10.6 Å². The van der Waals surface area contributed by atoms with Gasteiger partial charge in [0.15, 0.2) is 0 Å². The Bertz CT molecular complexity index is 644. The van der Waals surface area contributed by atoms with Crippen molar-refractivity contribution < 1.29 is 9.53 Å². The summed E-state index contributed by atoms with van der Waals surface area (Å²) in [5, 5.41) is 5.62. The molecule has 23 heavy (non-hydrogen) atoms. The van der Waals surface area contributed by atoms with E-state index in [2.05, 4.69) is 25.6 Å². The molecule has 0 bridgehead atoms. The maximum atomic E-state index is 11.9. The van der Waals surface area contributed by atoms with E-state index in [4.69, 9.17) is 4.74 Å². The van der Waals surface area contributed by atoms with E-state index in [0.717, 1.165) is 30.7 Å². The third-order valence-electron chi connectivity index (χ3n) is 3.64. The van der Waals surface area contributed by atoms with Crippen LogP contribution in [0.25, 0.3) is 11.3 Å². The molecule has 0 aliphatic carbocycles. The second kappa shape index (κ2) is 7.64. The van der Waals surface area contributed by atoms with Gasteiger partial charge in [-0.25, -0.2) is 4.79 Å². The van der Waals surface area contributed by atoms with E-state index < -0.39 is 0 Å². The van der Waals surface area contributed by atoms with Crippen LogP contribution in [0.4, 0.5) is 4.79 Å². The Hall–Kier alpha value is -2.54. The number of urea groups is 1. The Kier molecular flexibility index (Phi) is 5.10. The van der Waals surface area contributed by atoms with Gasteiger partial charge < -0.3 is 15.4 Å². The molecule has 3 rings (SSSR count). The number of carbonyl (C=O) groups excluding carboxylic acids is 1. The van der Waals surface area contributed by atoms with Crippen LogP contribution in [0, 0.1) is 0 Å². The van der Waals surface area contributed by atoms with Gasteiger partial charge in [-0.2, -0.15) is 0 Å². The predicted molar refractivity (Wildman–Crippen MR) is 84.5 cm³/mol. The smallest absolute Gasteiger partial charge is 0.315 e. The lowest BCUT2D eigenvalue weighted by atomic mass is 10.1. The SMILES string of the molecule is O=C(NCc1nccnc1-c1cccnc1)NC[C@H]1CCCO1. The molecule has 2 N–H and O–H groups in total. The van der Waals surface area contributed by atoms with Crippen molar-refractivity contribution in [2.75, 3.05) is 13.2 Å². The third-order valence-corrected chi connectivity index (χ3v) is 3.64. The van der Waals surface area contributed by atoms with E-state index in [0.29, 0.717) is 18.8 Å². The minimum absolute atomic E-state index is 0.128. The van der Waals surface area contributed by atoms with Crippen LogP contribution in [-0.4, -0.2) is 40.2 Å². The molecule has 3 heterocycles. The highest BCUT2D eigenvalue weighted by Gasteiger charge is 2.16. The Morgan fingerprint density at radius 2 is 2.17 bits per heavy atom. The number of nitrogens with zero attached hydrogens (tertiary/aromatic N) is 3. The molecule has 7 heteroatoms. The van der Waals surface area contributed by atoms with Crippen LogP contribution >= 0.6 is 0 Å². The lowest BCUT2D eigenvalue weighted by molar-refractivity contribution is 0.111. The van der Waals surface area contributed by atoms with Crippen molar-refractivity contribution >= 4 is 6.03 Å². The number of ether oxygens (including phenoxy) is 1. The van der Waals surface area contributed by atoms with Gasteiger partial charge in [-0.1, -0.05) is 0 Å². The largest absolute Gasteiger partial charge is 0.376 e. The molecule has 1 aliphatic rings. The van der Waals surface area contributed by atoms with Gasteiger partial charge in [-0.05, 0) is 25.0 Å². The quantitative estimate of drug-likeness (QED) is 0.873. The van der Waals surface area contributed by atoms with Crippen molar-refractivity contribution in [3.05, 3.63) is 42.6 Å². The molecule has 7 nitrogen and oxygen atoms in total. The minimum atomic E-state index is -0.233. The van der Waals surface area contributed by atoms with Gasteiger partial charge in [0.05, 0.1) is 24.0 Å². The number of amides is 2. The van der Waals surface area contributed by atoms with E-state index in [1.54, 1.807) is 24.8 Å². The fraction of sp³-hybridized carbons (Fsp3) is 0.375. The molecule has 0 saturated carbocycles. The molecule has 2 aromatic rings. The molecule has 0 radical (unpaired) electrons. The lowest BCUT2D eigenvalue weighted by Crippen LogP contribution is -2.39. The van der Waals surface area contributed by atoms with Crippen molar-refractivity contribution in [1.82, 2.24) is 25.6 Å². The predicted octanol–water partition coefficient (Wildman–Crippen LogP) is 1.52. The zero-order valence-electron chi connectivity index (χ0n) is 12.7. The van der Waals surface area contributed by atoms with Crippen molar-refractivity contribution in [3.63, 3.8) is 0 Å². The summed E-state index contributed by atoms with van der Waals surface area (Å²) in [6, 6.07) is 3.52. The normalized spacial score (nSPS) is 17.0. The number of nitrogens with one attached hydrogen (secondary N) is 2. The molecular formula is C16H19N5O2. The molecule has 0 spiro atoms. The summed E-state index contributed by atoms with van der Waals surface area (Å²) in [6.45, 7) is 1.61. The Labute approximate surface area is 134 Å². The monoisotopic (exact) mass is 313 g/mol. The van der Waals surface area contributed by atoms with E-state index in [1.165, 1.54) is 0 Å². The highest BCUT2D eigenvalue weighted by atomic mass is 16.5. The van der Waals surface area contributed by atoms with Crippen molar-refractivity contribution in [2.24, 2.45) is 0 Å². The summed E-state index contributed by atoms with van der Waals surface area (Å²) < 4.78 is 5.47. The third kappa shape index (κ3) is 4.23. The molecule has 2 amide bonds. The minimum Gasteiger partial charge on any atom is -0.376 e. The molecule has 1 fully saturated rings. The van der Waals surface area contributed by atoms with Crippen LogP contribution in [0.2, 0.25) is 0 Å². The maximum Gasteiger partial charge on any atom is 0.315 e. The second-order valence-corrected chi connectivity index (χ2v) is 5.29. The first-order valence-electron chi connectivity index (χ1n) is 7.66. The molecule has 1 atom stereocenters. The molecule has 120 valence electrons. The summed E-state index contributed by atoms with van der Waals surface area (Å²) in [4.78, 5) is 24.6. The Morgan fingerprint density at radius 3 is 2.96 bits per heavy atom. The van der Waals surface area contributed by atoms with Crippen LogP contribution in [0.5, 0.6) is 0 Å². The number of rotatable bonds is 5. The van der Waals surface area contributed by atoms with Gasteiger partial charge in [-0.3, -0.25) is 15.0 Å². The summed E-state index contributed by atoms with van der Waals surface area (Å²) in [5.41, 5.74) is 2.30. The Balaban J connectivity index is 1.56. The Morgan fingerprint density at radius 1 is 1.26 bits per heavy atom. The van der Waals surface area contributed by atoms with Crippen molar-refractivity contribution in [1.29, 1.82) is 0 Å². The first kappa shape index (κ1) is 15.4. The van der Waals surface area contributed by atoms with Crippen molar-refractivity contribution in [3.8, 4) is 11.3 Å².